The van der Waals surface area contributed by atoms with Gasteiger partial charge in [0.15, 0.2) is 0 Å². The molecule has 0 radical (unpaired) electrons. The van der Waals surface area contributed by atoms with E-state index in [1.165, 1.54) is 5.56 Å². The molecule has 27 heavy (non-hydrogen) atoms. The molecule has 0 bridgehead atoms. The number of nitrogens with one attached hydrogen (secondary N) is 1. The molecule has 1 aliphatic carbocycles. The molecule has 1 unspecified atom stereocenters. The number of amides is 1. The molecule has 2 aromatic carbocycles. The molecule has 0 saturated heterocycles. The predicted octanol–water partition coefficient (Wildman–Crippen LogP) is 5.21. The predicted molar refractivity (Wildman–Crippen MR) is 109 cm³/mol. The van der Waals surface area contributed by atoms with Crippen LogP contribution in [0.1, 0.15) is 17.5 Å². The Hall–Kier alpha value is -3.07. The second-order valence-electron chi connectivity index (χ2n) is 6.73. The lowest BCUT2D eigenvalue weighted by molar-refractivity contribution is 0.140. The zero-order valence-corrected chi connectivity index (χ0v) is 15.4. The van der Waals surface area contributed by atoms with Crippen LogP contribution < -0.4 is 5.32 Å². The third-order valence-corrected chi connectivity index (χ3v) is 4.58. The number of hydrogen-bond acceptors (Lipinski definition) is 2. The van der Waals surface area contributed by atoms with Crippen molar-refractivity contribution in [2.45, 2.75) is 19.4 Å². The van der Waals surface area contributed by atoms with E-state index in [0.29, 0.717) is 6.54 Å². The summed E-state index contributed by atoms with van der Waals surface area (Å²) in [4.78, 5) is 11.8. The van der Waals surface area contributed by atoms with Crippen LogP contribution in [0.4, 0.5) is 4.79 Å². The van der Waals surface area contributed by atoms with Crippen LogP contribution in [0.2, 0.25) is 0 Å². The van der Waals surface area contributed by atoms with E-state index in [9.17, 15) is 4.79 Å². The fourth-order valence-electron chi connectivity index (χ4n) is 3.18. The summed E-state index contributed by atoms with van der Waals surface area (Å²) in [5.41, 5.74) is 2.23. The van der Waals surface area contributed by atoms with Crippen molar-refractivity contribution in [1.29, 1.82) is 0 Å². The summed E-state index contributed by atoms with van der Waals surface area (Å²) in [6, 6.07) is 20.1. The Kier molecular flexibility index (Phi) is 6.64. The molecule has 138 valence electrons. The first-order valence-electron chi connectivity index (χ1n) is 9.26. The van der Waals surface area contributed by atoms with Crippen molar-refractivity contribution < 1.29 is 9.53 Å². The second kappa shape index (κ2) is 9.58. The molecule has 1 atom stereocenters. The van der Waals surface area contributed by atoms with Crippen molar-refractivity contribution in [3.63, 3.8) is 0 Å². The highest BCUT2D eigenvalue weighted by atomic mass is 16.5. The molecule has 0 aliphatic heterocycles. The number of alkyl carbamates (subject to hydrolysis) is 1. The number of hydrogen-bond donors (Lipinski definition) is 1. The van der Waals surface area contributed by atoms with Crippen molar-refractivity contribution in [1.82, 2.24) is 5.32 Å². The normalized spacial score (nSPS) is 18.5. The minimum Gasteiger partial charge on any atom is -0.445 e. The lowest BCUT2D eigenvalue weighted by Crippen LogP contribution is -2.25. The van der Waals surface area contributed by atoms with Gasteiger partial charge < -0.3 is 10.1 Å². The van der Waals surface area contributed by atoms with E-state index in [1.807, 2.05) is 42.5 Å². The Morgan fingerprint density at radius 3 is 2.37 bits per heavy atom. The number of carbonyl (C=O) groups is 1. The lowest BCUT2D eigenvalue weighted by atomic mass is 9.76. The Morgan fingerprint density at radius 1 is 1.00 bits per heavy atom. The van der Waals surface area contributed by atoms with Gasteiger partial charge in [-0.15, -0.1) is 0 Å². The molecule has 3 heteroatoms. The van der Waals surface area contributed by atoms with Crippen LogP contribution in [0.15, 0.2) is 97.1 Å². The summed E-state index contributed by atoms with van der Waals surface area (Å²) in [5, 5.41) is 2.78. The Labute approximate surface area is 161 Å². The average molecular weight is 359 g/mol. The van der Waals surface area contributed by atoms with Crippen LogP contribution in [-0.4, -0.2) is 12.6 Å². The summed E-state index contributed by atoms with van der Waals surface area (Å²) >= 11 is 0. The number of allylic oxidation sites excluding steroid dienone is 5. The van der Waals surface area contributed by atoms with Gasteiger partial charge in [0, 0.05) is 12.0 Å². The summed E-state index contributed by atoms with van der Waals surface area (Å²) in [7, 11) is 0. The van der Waals surface area contributed by atoms with Crippen molar-refractivity contribution in [3.8, 4) is 0 Å². The van der Waals surface area contributed by atoms with E-state index in [1.54, 1.807) is 0 Å². The van der Waals surface area contributed by atoms with Crippen LogP contribution >= 0.6 is 0 Å². The van der Waals surface area contributed by atoms with Crippen molar-refractivity contribution in [2.75, 3.05) is 6.54 Å². The maximum atomic E-state index is 11.8. The molecule has 0 fully saturated rings. The molecule has 3 nitrogen and oxygen atoms in total. The molecule has 1 N–H and O–H groups in total. The number of benzene rings is 2. The smallest absolute Gasteiger partial charge is 0.407 e. The molecular weight excluding hydrogens is 334 g/mol. The molecule has 1 amide bonds. The van der Waals surface area contributed by atoms with Gasteiger partial charge in [0.2, 0.25) is 0 Å². The zero-order chi connectivity index (χ0) is 18.8. The minimum absolute atomic E-state index is 0.0499. The van der Waals surface area contributed by atoms with Gasteiger partial charge in [0.1, 0.15) is 6.61 Å². The Balaban J connectivity index is 1.50. The van der Waals surface area contributed by atoms with Gasteiger partial charge in [0.05, 0.1) is 0 Å². The fourth-order valence-corrected chi connectivity index (χ4v) is 3.18. The average Bonchev–Trinajstić information content (AvgIpc) is 2.72. The Bertz CT molecular complexity index is 809. The largest absolute Gasteiger partial charge is 0.445 e. The first kappa shape index (κ1) is 18.7. The second-order valence-corrected chi connectivity index (χ2v) is 6.73. The van der Waals surface area contributed by atoms with E-state index < -0.39 is 6.09 Å². The molecule has 0 heterocycles. The Morgan fingerprint density at radius 2 is 1.70 bits per heavy atom. The molecule has 2 aromatic rings. The van der Waals surface area contributed by atoms with Crippen molar-refractivity contribution >= 4 is 6.09 Å². The highest BCUT2D eigenvalue weighted by molar-refractivity contribution is 5.67. The van der Waals surface area contributed by atoms with Crippen molar-refractivity contribution in [2.24, 2.45) is 5.41 Å². The molecular formula is C24H25NO2. The SMILES string of the molecule is O=C(NCC=CC1(Cc2ccccc2)C=CC=CC1)OCc1ccccc1. The van der Waals surface area contributed by atoms with E-state index in [-0.39, 0.29) is 12.0 Å². The standard InChI is InChI=1S/C24H25NO2/c26-23(27-20-22-13-6-2-7-14-22)25-18-10-17-24(15-8-3-9-16-24)19-21-11-4-1-5-12-21/h1-15,17H,16,18-20H2,(H,25,26). The van der Waals surface area contributed by atoms with Gasteiger partial charge >= 0.3 is 6.09 Å². The maximum absolute atomic E-state index is 11.8. The number of carbonyl (C=O) groups excluding carboxylic acids is 1. The molecule has 3 rings (SSSR count). The van der Waals surface area contributed by atoms with Crippen molar-refractivity contribution in [3.05, 3.63) is 108 Å². The fraction of sp³-hybridized carbons (Fsp3) is 0.208. The highest BCUT2D eigenvalue weighted by Crippen LogP contribution is 2.33. The maximum Gasteiger partial charge on any atom is 0.407 e. The summed E-state index contributed by atoms with van der Waals surface area (Å²) in [6.45, 7) is 0.726. The van der Waals surface area contributed by atoms with Gasteiger partial charge in [0.25, 0.3) is 0 Å². The van der Waals surface area contributed by atoms with Gasteiger partial charge in [-0.3, -0.25) is 0 Å². The van der Waals surface area contributed by atoms with Crippen LogP contribution in [0.5, 0.6) is 0 Å². The van der Waals surface area contributed by atoms with Crippen LogP contribution in [0.25, 0.3) is 0 Å². The van der Waals surface area contributed by atoms with E-state index in [2.05, 4.69) is 60.0 Å². The van der Waals surface area contributed by atoms with Gasteiger partial charge in [-0.2, -0.15) is 0 Å². The third kappa shape index (κ3) is 6.00. The topological polar surface area (TPSA) is 38.3 Å². The zero-order valence-electron chi connectivity index (χ0n) is 15.4. The number of ether oxygens (including phenoxy) is 1. The van der Waals surface area contributed by atoms with Crippen LogP contribution in [0.3, 0.4) is 0 Å². The number of rotatable bonds is 7. The first-order chi connectivity index (χ1) is 13.3. The van der Waals surface area contributed by atoms with E-state index in [0.717, 1.165) is 18.4 Å². The minimum atomic E-state index is -0.403. The molecule has 0 saturated carbocycles. The van der Waals surface area contributed by atoms with Crippen LogP contribution in [-0.2, 0) is 17.8 Å². The summed E-state index contributed by atoms with van der Waals surface area (Å²) < 4.78 is 5.23. The molecule has 0 aromatic heterocycles. The first-order valence-corrected chi connectivity index (χ1v) is 9.26. The summed E-state index contributed by atoms with van der Waals surface area (Å²) in [6.07, 6.45) is 14.3. The van der Waals surface area contributed by atoms with Gasteiger partial charge in [-0.05, 0) is 24.0 Å². The van der Waals surface area contributed by atoms with E-state index >= 15 is 0 Å². The molecule has 1 aliphatic rings. The quantitative estimate of drug-likeness (QED) is 0.689. The molecule has 0 spiro atoms. The van der Waals surface area contributed by atoms with E-state index in [4.69, 9.17) is 4.74 Å². The highest BCUT2D eigenvalue weighted by Gasteiger charge is 2.24. The van der Waals surface area contributed by atoms with Crippen LogP contribution in [0, 0.1) is 5.41 Å². The van der Waals surface area contributed by atoms with Gasteiger partial charge in [-0.25, -0.2) is 4.79 Å². The monoisotopic (exact) mass is 359 g/mol. The third-order valence-electron chi connectivity index (χ3n) is 4.58. The van der Waals surface area contributed by atoms with Gasteiger partial charge in [-0.1, -0.05) is 97.1 Å². The summed E-state index contributed by atoms with van der Waals surface area (Å²) in [5.74, 6) is 0. The lowest BCUT2D eigenvalue weighted by Gasteiger charge is -2.28.